The number of benzene rings is 1. The summed E-state index contributed by atoms with van der Waals surface area (Å²) < 4.78 is 0. The highest BCUT2D eigenvalue weighted by Crippen LogP contribution is 2.27. The van der Waals surface area contributed by atoms with Crippen LogP contribution in [0.2, 0.25) is 0 Å². The van der Waals surface area contributed by atoms with E-state index in [1.165, 1.54) is 5.56 Å². The molecular formula is C21H28N4OS. The van der Waals surface area contributed by atoms with Crippen LogP contribution in [0.3, 0.4) is 0 Å². The second-order valence-corrected chi connectivity index (χ2v) is 8.32. The molecule has 1 unspecified atom stereocenters. The molecule has 0 spiro atoms. The van der Waals surface area contributed by atoms with Crippen LogP contribution in [0.4, 0.5) is 5.82 Å². The summed E-state index contributed by atoms with van der Waals surface area (Å²) in [7, 11) is 0. The predicted molar refractivity (Wildman–Crippen MR) is 110 cm³/mol. The third-order valence-corrected chi connectivity index (χ3v) is 5.99. The fraction of sp³-hybridized carbons (Fsp3) is 0.476. The number of nitrogens with zero attached hydrogens (tertiary/aromatic N) is 3. The van der Waals surface area contributed by atoms with Gasteiger partial charge >= 0.3 is 0 Å². The van der Waals surface area contributed by atoms with Gasteiger partial charge in [-0.1, -0.05) is 36.4 Å². The average Bonchev–Trinajstić information content (AvgIpc) is 2.70. The lowest BCUT2D eigenvalue weighted by Crippen LogP contribution is -2.43. The summed E-state index contributed by atoms with van der Waals surface area (Å²) in [4.78, 5) is 15.7. The lowest BCUT2D eigenvalue weighted by atomic mass is 9.95. The summed E-state index contributed by atoms with van der Waals surface area (Å²) in [6.07, 6.45) is 2.70. The van der Waals surface area contributed by atoms with Crippen molar-refractivity contribution in [1.29, 1.82) is 0 Å². The summed E-state index contributed by atoms with van der Waals surface area (Å²) in [6, 6.07) is 12.7. The van der Waals surface area contributed by atoms with Crippen LogP contribution in [0.5, 0.6) is 0 Å². The minimum atomic E-state index is 0.111. The first-order valence-electron chi connectivity index (χ1n) is 9.68. The molecule has 0 aliphatic carbocycles. The predicted octanol–water partition coefficient (Wildman–Crippen LogP) is 4.07. The Kier molecular flexibility index (Phi) is 6.72. The number of hydrogen-bond donors (Lipinski definition) is 1. The van der Waals surface area contributed by atoms with E-state index in [4.69, 9.17) is 0 Å². The Morgan fingerprint density at radius 2 is 1.89 bits per heavy atom. The molecule has 1 aromatic heterocycles. The van der Waals surface area contributed by atoms with Crippen LogP contribution >= 0.6 is 11.8 Å². The van der Waals surface area contributed by atoms with Crippen LogP contribution in [-0.4, -0.2) is 35.2 Å². The Hall–Kier alpha value is -2.08. The first-order chi connectivity index (χ1) is 13.0. The molecule has 0 saturated carbocycles. The van der Waals surface area contributed by atoms with Gasteiger partial charge in [-0.15, -0.1) is 10.2 Å². The summed E-state index contributed by atoms with van der Waals surface area (Å²) in [6.45, 7) is 7.92. The molecule has 0 bridgehead atoms. The number of carbonyl (C=O) groups excluding carboxylic acids is 1. The van der Waals surface area contributed by atoms with E-state index >= 15 is 0 Å². The minimum Gasteiger partial charge on any atom is -0.355 e. The van der Waals surface area contributed by atoms with Gasteiger partial charge in [0.05, 0.1) is 0 Å². The van der Waals surface area contributed by atoms with Gasteiger partial charge in [-0.25, -0.2) is 0 Å². The topological polar surface area (TPSA) is 58.1 Å². The Bertz CT molecular complexity index is 740. The van der Waals surface area contributed by atoms with Crippen LogP contribution in [-0.2, 0) is 4.79 Å². The normalized spacial score (nSPS) is 16.2. The molecule has 1 N–H and O–H groups in total. The van der Waals surface area contributed by atoms with Crippen molar-refractivity contribution >= 4 is 23.5 Å². The zero-order valence-electron chi connectivity index (χ0n) is 16.3. The fourth-order valence-corrected chi connectivity index (χ4v) is 3.83. The zero-order valence-corrected chi connectivity index (χ0v) is 17.1. The highest BCUT2D eigenvalue weighted by Gasteiger charge is 2.26. The van der Waals surface area contributed by atoms with Gasteiger partial charge in [-0.2, -0.15) is 0 Å². The number of anilines is 1. The molecule has 1 amide bonds. The third kappa shape index (κ3) is 5.45. The molecule has 5 nitrogen and oxygen atoms in total. The average molecular weight is 385 g/mol. The first-order valence-corrected chi connectivity index (χ1v) is 10.5. The molecule has 1 fully saturated rings. The number of aryl methyl sites for hydroxylation is 1. The first kappa shape index (κ1) is 19.7. The van der Waals surface area contributed by atoms with E-state index in [1.807, 2.05) is 12.1 Å². The second kappa shape index (κ2) is 9.22. The number of aromatic nitrogens is 2. The fourth-order valence-electron chi connectivity index (χ4n) is 3.10. The molecule has 0 radical (unpaired) electrons. The van der Waals surface area contributed by atoms with Gasteiger partial charge in [0.2, 0.25) is 5.91 Å². The molecule has 1 atom stereocenters. The van der Waals surface area contributed by atoms with Crippen molar-refractivity contribution in [3.8, 4) is 0 Å². The molecule has 2 aromatic rings. The van der Waals surface area contributed by atoms with Gasteiger partial charge in [-0.05, 0) is 57.4 Å². The van der Waals surface area contributed by atoms with Gasteiger partial charge in [0.1, 0.15) is 5.03 Å². The van der Waals surface area contributed by atoms with Gasteiger partial charge < -0.3 is 10.2 Å². The second-order valence-electron chi connectivity index (χ2n) is 7.22. The lowest BCUT2D eigenvalue weighted by molar-refractivity contribution is -0.126. The smallest absolute Gasteiger partial charge is 0.223 e. The van der Waals surface area contributed by atoms with E-state index in [1.54, 1.807) is 11.8 Å². The van der Waals surface area contributed by atoms with Crippen LogP contribution < -0.4 is 10.2 Å². The summed E-state index contributed by atoms with van der Waals surface area (Å²) in [5.74, 6) is 1.20. The molecule has 1 aromatic carbocycles. The Morgan fingerprint density at radius 1 is 1.19 bits per heavy atom. The number of rotatable bonds is 6. The van der Waals surface area contributed by atoms with Crippen LogP contribution in [0.25, 0.3) is 0 Å². The van der Waals surface area contributed by atoms with Gasteiger partial charge in [-0.3, -0.25) is 4.79 Å². The summed E-state index contributed by atoms with van der Waals surface area (Å²) in [5.41, 5.74) is 1.25. The zero-order chi connectivity index (χ0) is 19.2. The number of carbonyl (C=O) groups is 1. The molecule has 27 heavy (non-hydrogen) atoms. The maximum Gasteiger partial charge on any atom is 0.223 e. The van der Waals surface area contributed by atoms with Crippen LogP contribution in [0, 0.1) is 12.8 Å². The summed E-state index contributed by atoms with van der Waals surface area (Å²) >= 11 is 1.62. The van der Waals surface area contributed by atoms with Crippen molar-refractivity contribution in [3.05, 3.63) is 42.0 Å². The van der Waals surface area contributed by atoms with Crippen molar-refractivity contribution in [2.75, 3.05) is 18.0 Å². The van der Waals surface area contributed by atoms with E-state index in [0.717, 1.165) is 48.1 Å². The Morgan fingerprint density at radius 3 is 2.48 bits per heavy atom. The SMILES string of the molecule is CCC(C)NC(=O)C1CCN(c2ccc(Sc3ccc(C)cc3)nn2)CC1. The molecule has 6 heteroatoms. The van der Waals surface area contributed by atoms with Crippen LogP contribution in [0.15, 0.2) is 46.3 Å². The van der Waals surface area contributed by atoms with Crippen molar-refractivity contribution in [2.24, 2.45) is 5.92 Å². The maximum absolute atomic E-state index is 12.3. The molecule has 2 heterocycles. The monoisotopic (exact) mass is 384 g/mol. The van der Waals surface area contributed by atoms with E-state index in [-0.39, 0.29) is 17.9 Å². The minimum absolute atomic E-state index is 0.111. The largest absolute Gasteiger partial charge is 0.355 e. The highest BCUT2D eigenvalue weighted by molar-refractivity contribution is 7.99. The van der Waals surface area contributed by atoms with E-state index in [2.05, 4.69) is 65.5 Å². The van der Waals surface area contributed by atoms with Crippen molar-refractivity contribution in [2.45, 2.75) is 56.0 Å². The number of nitrogens with one attached hydrogen (secondary N) is 1. The number of piperidine rings is 1. The van der Waals surface area contributed by atoms with Gasteiger partial charge in [0, 0.05) is 29.9 Å². The third-order valence-electron chi connectivity index (χ3n) is 5.06. The number of hydrogen-bond acceptors (Lipinski definition) is 5. The Balaban J connectivity index is 1.52. The maximum atomic E-state index is 12.3. The molecule has 144 valence electrons. The molecule has 1 aliphatic heterocycles. The summed E-state index contributed by atoms with van der Waals surface area (Å²) in [5, 5.41) is 12.8. The van der Waals surface area contributed by atoms with Crippen molar-refractivity contribution in [3.63, 3.8) is 0 Å². The van der Waals surface area contributed by atoms with Crippen LogP contribution in [0.1, 0.15) is 38.7 Å². The van der Waals surface area contributed by atoms with Gasteiger partial charge in [0.25, 0.3) is 0 Å². The molecular weight excluding hydrogens is 356 g/mol. The number of amides is 1. The van der Waals surface area contributed by atoms with Gasteiger partial charge in [0.15, 0.2) is 5.82 Å². The van der Waals surface area contributed by atoms with Crippen molar-refractivity contribution < 1.29 is 4.79 Å². The van der Waals surface area contributed by atoms with E-state index in [0.29, 0.717) is 0 Å². The van der Waals surface area contributed by atoms with E-state index in [9.17, 15) is 4.79 Å². The quantitative estimate of drug-likeness (QED) is 0.814. The molecule has 1 aliphatic rings. The Labute approximate surface area is 165 Å². The molecule has 1 saturated heterocycles. The highest BCUT2D eigenvalue weighted by atomic mass is 32.2. The van der Waals surface area contributed by atoms with E-state index < -0.39 is 0 Å². The molecule has 3 rings (SSSR count). The standard InChI is InChI=1S/C21H28N4OS/c1-4-16(3)22-21(26)17-11-13-25(14-12-17)19-9-10-20(24-23-19)27-18-7-5-15(2)6-8-18/h5-10,16-17H,4,11-14H2,1-3H3,(H,22,26). The lowest BCUT2D eigenvalue weighted by Gasteiger charge is -2.32. The van der Waals surface area contributed by atoms with Crippen molar-refractivity contribution in [1.82, 2.24) is 15.5 Å².